The molecule has 0 aliphatic rings. The smallest absolute Gasteiger partial charge is 0.321 e. The van der Waals surface area contributed by atoms with Crippen molar-refractivity contribution in [2.45, 2.75) is 25.8 Å². The summed E-state index contributed by atoms with van der Waals surface area (Å²) in [6.45, 7) is 3.95. The fourth-order valence-corrected chi connectivity index (χ4v) is 2.38. The molecule has 0 aromatic carbocycles. The second-order valence-corrected chi connectivity index (χ2v) is 5.11. The van der Waals surface area contributed by atoms with Gasteiger partial charge in [-0.15, -0.1) is 16.4 Å². The van der Waals surface area contributed by atoms with Crippen molar-refractivity contribution >= 4 is 23.2 Å². The second kappa shape index (κ2) is 5.75. The zero-order valence-corrected chi connectivity index (χ0v) is 11.6. The first-order valence-corrected chi connectivity index (χ1v) is 6.79. The Balaban J connectivity index is 2.05. The van der Waals surface area contributed by atoms with Gasteiger partial charge < -0.3 is 5.32 Å². The number of carbonyl (C=O) groups excluding carboxylic acids is 1. The van der Waals surface area contributed by atoms with Crippen molar-refractivity contribution < 1.29 is 4.79 Å². The maximum absolute atomic E-state index is 12.0. The number of hydrogen-bond acceptors (Lipinski definition) is 5. The van der Waals surface area contributed by atoms with E-state index in [-0.39, 0.29) is 6.03 Å². The van der Waals surface area contributed by atoms with Crippen molar-refractivity contribution in [1.29, 1.82) is 0 Å². The van der Waals surface area contributed by atoms with Crippen LogP contribution in [-0.2, 0) is 5.54 Å². The highest BCUT2D eigenvalue weighted by Gasteiger charge is 2.29. The average Bonchev–Trinajstić information content (AvgIpc) is 2.94. The fraction of sp³-hybridized carbons (Fsp3) is 0.333. The third-order valence-electron chi connectivity index (χ3n) is 2.81. The molecule has 2 aromatic rings. The first-order chi connectivity index (χ1) is 9.14. The predicted molar refractivity (Wildman–Crippen MR) is 73.9 cm³/mol. The predicted octanol–water partition coefficient (Wildman–Crippen LogP) is 2.38. The number of anilines is 1. The maximum atomic E-state index is 12.0. The Morgan fingerprint density at radius 2 is 2.32 bits per heavy atom. The van der Waals surface area contributed by atoms with Crippen LogP contribution < -0.4 is 10.6 Å². The van der Waals surface area contributed by atoms with Crippen LogP contribution in [0.15, 0.2) is 29.9 Å². The van der Waals surface area contributed by atoms with E-state index in [1.807, 2.05) is 19.2 Å². The molecule has 0 saturated carbocycles. The van der Waals surface area contributed by atoms with Gasteiger partial charge in [0.05, 0.1) is 5.54 Å². The van der Waals surface area contributed by atoms with Gasteiger partial charge in [0.25, 0.3) is 0 Å². The third kappa shape index (κ3) is 3.25. The van der Waals surface area contributed by atoms with Gasteiger partial charge in [0.1, 0.15) is 5.01 Å². The molecule has 2 aromatic heterocycles. The number of nitrogens with zero attached hydrogens (tertiary/aromatic N) is 3. The van der Waals surface area contributed by atoms with E-state index in [9.17, 15) is 4.79 Å². The van der Waals surface area contributed by atoms with Crippen LogP contribution in [0, 0.1) is 0 Å². The summed E-state index contributed by atoms with van der Waals surface area (Å²) < 4.78 is 0. The minimum Gasteiger partial charge on any atom is -0.326 e. The Bertz CT molecular complexity index is 530. The highest BCUT2D eigenvalue weighted by molar-refractivity contribution is 7.09. The summed E-state index contributed by atoms with van der Waals surface area (Å²) in [6, 6.07) is 3.07. The molecule has 2 heterocycles. The van der Waals surface area contributed by atoms with E-state index in [2.05, 4.69) is 25.8 Å². The van der Waals surface area contributed by atoms with Gasteiger partial charge in [-0.05, 0) is 25.5 Å². The minimum atomic E-state index is -0.486. The lowest BCUT2D eigenvalue weighted by molar-refractivity contribution is 0.237. The first kappa shape index (κ1) is 13.4. The SMILES string of the molecule is CCC(C)(NC(=O)Nc1cccnn1)c1nccs1. The quantitative estimate of drug-likeness (QED) is 0.899. The Labute approximate surface area is 115 Å². The van der Waals surface area contributed by atoms with E-state index in [4.69, 9.17) is 0 Å². The van der Waals surface area contributed by atoms with Crippen LogP contribution in [0.2, 0.25) is 0 Å². The summed E-state index contributed by atoms with van der Waals surface area (Å²) in [5, 5.41) is 15.8. The fourth-order valence-electron chi connectivity index (χ4n) is 1.56. The lowest BCUT2D eigenvalue weighted by Crippen LogP contribution is -2.45. The van der Waals surface area contributed by atoms with Gasteiger partial charge in [-0.1, -0.05) is 6.92 Å². The molecule has 0 aliphatic heterocycles. The normalized spacial score (nSPS) is 13.6. The molecular weight excluding hydrogens is 262 g/mol. The van der Waals surface area contributed by atoms with Crippen LogP contribution in [0.3, 0.4) is 0 Å². The van der Waals surface area contributed by atoms with E-state index in [1.165, 1.54) is 11.3 Å². The number of hydrogen-bond donors (Lipinski definition) is 2. The van der Waals surface area contributed by atoms with Crippen molar-refractivity contribution in [1.82, 2.24) is 20.5 Å². The van der Waals surface area contributed by atoms with Gasteiger partial charge in [0, 0.05) is 17.8 Å². The van der Waals surface area contributed by atoms with Gasteiger partial charge in [0.2, 0.25) is 0 Å². The monoisotopic (exact) mass is 277 g/mol. The number of amides is 2. The molecule has 1 unspecified atom stereocenters. The van der Waals surface area contributed by atoms with Gasteiger partial charge >= 0.3 is 6.03 Å². The average molecular weight is 277 g/mol. The van der Waals surface area contributed by atoms with Crippen LogP contribution in [0.1, 0.15) is 25.3 Å². The highest BCUT2D eigenvalue weighted by Crippen LogP contribution is 2.26. The van der Waals surface area contributed by atoms with Crippen molar-refractivity contribution in [3.8, 4) is 0 Å². The minimum absolute atomic E-state index is 0.319. The van der Waals surface area contributed by atoms with E-state index < -0.39 is 5.54 Å². The topological polar surface area (TPSA) is 79.8 Å². The standard InChI is InChI=1S/C12H15N5OS/c1-3-12(2,10-13-7-8-19-10)16-11(18)15-9-5-4-6-14-17-9/h4-8H,3H2,1-2H3,(H2,15,16,17,18). The van der Waals surface area contributed by atoms with Gasteiger partial charge in [0.15, 0.2) is 5.82 Å². The van der Waals surface area contributed by atoms with E-state index in [0.717, 1.165) is 11.4 Å². The van der Waals surface area contributed by atoms with Crippen LogP contribution in [0.4, 0.5) is 10.6 Å². The number of rotatable bonds is 4. The van der Waals surface area contributed by atoms with Crippen LogP contribution >= 0.6 is 11.3 Å². The van der Waals surface area contributed by atoms with E-state index in [1.54, 1.807) is 24.5 Å². The number of carbonyl (C=O) groups is 1. The summed E-state index contributed by atoms with van der Waals surface area (Å²) in [5.74, 6) is 0.414. The molecule has 7 heteroatoms. The first-order valence-electron chi connectivity index (χ1n) is 5.91. The van der Waals surface area contributed by atoms with E-state index in [0.29, 0.717) is 5.82 Å². The lowest BCUT2D eigenvalue weighted by atomic mass is 10.0. The van der Waals surface area contributed by atoms with Gasteiger partial charge in [-0.2, -0.15) is 5.10 Å². The summed E-state index contributed by atoms with van der Waals surface area (Å²) in [4.78, 5) is 16.2. The van der Waals surface area contributed by atoms with Crippen LogP contribution in [-0.4, -0.2) is 21.2 Å². The Hall–Kier alpha value is -2.02. The molecule has 1 atom stereocenters. The molecule has 2 N–H and O–H groups in total. The Morgan fingerprint density at radius 3 is 2.89 bits per heavy atom. The molecule has 0 radical (unpaired) electrons. The molecule has 100 valence electrons. The van der Waals surface area contributed by atoms with Crippen LogP contribution in [0.5, 0.6) is 0 Å². The van der Waals surface area contributed by atoms with Crippen molar-refractivity contribution in [3.05, 3.63) is 34.9 Å². The molecule has 2 amide bonds. The molecule has 2 rings (SSSR count). The van der Waals surface area contributed by atoms with Crippen molar-refractivity contribution in [3.63, 3.8) is 0 Å². The highest BCUT2D eigenvalue weighted by atomic mass is 32.1. The van der Waals surface area contributed by atoms with Gasteiger partial charge in [-0.25, -0.2) is 9.78 Å². The van der Waals surface area contributed by atoms with Gasteiger partial charge in [-0.3, -0.25) is 5.32 Å². The van der Waals surface area contributed by atoms with E-state index >= 15 is 0 Å². The second-order valence-electron chi connectivity index (χ2n) is 4.21. The summed E-state index contributed by atoms with van der Waals surface area (Å²) in [7, 11) is 0. The Kier molecular flexibility index (Phi) is 4.06. The molecule has 0 bridgehead atoms. The number of aromatic nitrogens is 3. The number of nitrogens with one attached hydrogen (secondary N) is 2. The molecule has 6 nitrogen and oxygen atoms in total. The largest absolute Gasteiger partial charge is 0.326 e. The van der Waals surface area contributed by atoms with Crippen molar-refractivity contribution in [2.75, 3.05) is 5.32 Å². The lowest BCUT2D eigenvalue weighted by Gasteiger charge is -2.27. The number of urea groups is 1. The summed E-state index contributed by atoms with van der Waals surface area (Å²) >= 11 is 1.52. The summed E-state index contributed by atoms with van der Waals surface area (Å²) in [6.07, 6.45) is 4.03. The van der Waals surface area contributed by atoms with Crippen molar-refractivity contribution in [2.24, 2.45) is 0 Å². The Morgan fingerprint density at radius 1 is 1.47 bits per heavy atom. The third-order valence-corrected chi connectivity index (χ3v) is 3.85. The molecule has 0 aliphatic carbocycles. The zero-order valence-electron chi connectivity index (χ0n) is 10.8. The molecular formula is C12H15N5OS. The van der Waals surface area contributed by atoms with Crippen LogP contribution in [0.25, 0.3) is 0 Å². The maximum Gasteiger partial charge on any atom is 0.321 e. The molecule has 0 fully saturated rings. The molecule has 0 saturated heterocycles. The number of thiazole rings is 1. The summed E-state index contributed by atoms with van der Waals surface area (Å²) in [5.41, 5.74) is -0.486. The molecule has 19 heavy (non-hydrogen) atoms. The molecule has 0 spiro atoms. The zero-order chi connectivity index (χ0) is 13.7.